The molecule has 0 aliphatic carbocycles. The van der Waals surface area contributed by atoms with Crippen molar-refractivity contribution in [1.29, 1.82) is 0 Å². The Balaban J connectivity index is 1.77. The summed E-state index contributed by atoms with van der Waals surface area (Å²) in [6.45, 7) is 5.71. The van der Waals surface area contributed by atoms with Crippen LogP contribution in [0.1, 0.15) is 76.3 Å². The van der Waals surface area contributed by atoms with Crippen LogP contribution in [0, 0.1) is 0 Å². The second-order valence-electron chi connectivity index (χ2n) is 9.11. The molecule has 2 aromatic carbocycles. The molecule has 2 heterocycles. The summed E-state index contributed by atoms with van der Waals surface area (Å²) >= 11 is 7.14. The minimum absolute atomic E-state index is 0.0605. The van der Waals surface area contributed by atoms with Gasteiger partial charge in [0.2, 0.25) is 0 Å². The van der Waals surface area contributed by atoms with Crippen molar-refractivity contribution in [1.82, 2.24) is 0 Å². The summed E-state index contributed by atoms with van der Waals surface area (Å²) in [5, 5.41) is 0. The quantitative estimate of drug-likeness (QED) is 0.209. The van der Waals surface area contributed by atoms with Gasteiger partial charge in [0.05, 0.1) is 22.5 Å². The third-order valence-corrected chi connectivity index (χ3v) is 7.66. The number of halogens is 2. The minimum atomic E-state index is -0.0605. The van der Waals surface area contributed by atoms with Crippen molar-refractivity contribution in [3.63, 3.8) is 0 Å². The van der Waals surface area contributed by atoms with Gasteiger partial charge >= 0.3 is 0 Å². The highest BCUT2D eigenvalue weighted by molar-refractivity contribution is 9.10. The summed E-state index contributed by atoms with van der Waals surface area (Å²) in [4.78, 5) is 31.4. The van der Waals surface area contributed by atoms with Gasteiger partial charge in [-0.25, -0.2) is 0 Å². The van der Waals surface area contributed by atoms with Gasteiger partial charge in [-0.05, 0) is 37.1 Å². The van der Waals surface area contributed by atoms with Crippen LogP contribution in [0.4, 0.5) is 11.4 Å². The third-order valence-electron chi connectivity index (χ3n) is 6.68. The fourth-order valence-electron chi connectivity index (χ4n) is 4.92. The minimum Gasteiger partial charge on any atom is -0.308 e. The van der Waals surface area contributed by atoms with E-state index in [4.69, 9.17) is 0 Å². The molecule has 180 valence electrons. The van der Waals surface area contributed by atoms with Crippen molar-refractivity contribution in [3.8, 4) is 0 Å². The van der Waals surface area contributed by atoms with E-state index in [0.717, 1.165) is 82.8 Å². The molecule has 0 saturated carbocycles. The second kappa shape index (κ2) is 11.2. The van der Waals surface area contributed by atoms with Crippen LogP contribution in [0.5, 0.6) is 0 Å². The highest BCUT2D eigenvalue weighted by Gasteiger charge is 2.41. The van der Waals surface area contributed by atoms with E-state index in [1.165, 1.54) is 0 Å². The topological polar surface area (TPSA) is 40.6 Å². The smallest absolute Gasteiger partial charge is 0.259 e. The van der Waals surface area contributed by atoms with E-state index in [1.807, 2.05) is 46.2 Å². The Morgan fingerprint density at radius 1 is 0.618 bits per heavy atom. The molecule has 0 spiro atoms. The summed E-state index contributed by atoms with van der Waals surface area (Å²) in [7, 11) is 0. The van der Waals surface area contributed by atoms with Crippen molar-refractivity contribution < 1.29 is 9.59 Å². The fourth-order valence-corrected chi connectivity index (χ4v) is 5.62. The van der Waals surface area contributed by atoms with E-state index in [0.29, 0.717) is 24.2 Å². The van der Waals surface area contributed by atoms with Gasteiger partial charge in [0, 0.05) is 33.2 Å². The van der Waals surface area contributed by atoms with Crippen LogP contribution in [0.3, 0.4) is 0 Å². The van der Waals surface area contributed by atoms with E-state index in [2.05, 4.69) is 45.7 Å². The average Bonchev–Trinajstić information content (AvgIpc) is 3.23. The van der Waals surface area contributed by atoms with Gasteiger partial charge in [-0.3, -0.25) is 9.59 Å². The first-order chi connectivity index (χ1) is 16.5. The first-order valence-electron chi connectivity index (χ1n) is 12.5. The zero-order valence-electron chi connectivity index (χ0n) is 20.0. The predicted molar refractivity (Wildman–Crippen MR) is 148 cm³/mol. The monoisotopic (exact) mass is 586 g/mol. The Kier molecular flexibility index (Phi) is 8.30. The van der Waals surface area contributed by atoms with Gasteiger partial charge < -0.3 is 9.80 Å². The van der Waals surface area contributed by atoms with Gasteiger partial charge in [0.15, 0.2) is 0 Å². The lowest BCUT2D eigenvalue weighted by atomic mass is 9.96. The largest absolute Gasteiger partial charge is 0.308 e. The first kappa shape index (κ1) is 25.2. The Morgan fingerprint density at radius 3 is 1.41 bits per heavy atom. The molecular formula is C28H32Br2N2O2. The Labute approximate surface area is 219 Å². The average molecular weight is 588 g/mol. The molecule has 4 nitrogen and oxygen atoms in total. The predicted octanol–water partition coefficient (Wildman–Crippen LogP) is 7.98. The van der Waals surface area contributed by atoms with E-state index < -0.39 is 0 Å². The lowest BCUT2D eigenvalue weighted by molar-refractivity contribution is -0.114. The number of hydrogen-bond acceptors (Lipinski definition) is 2. The van der Waals surface area contributed by atoms with Crippen LogP contribution >= 0.6 is 31.9 Å². The standard InChI is InChI=1S/C28H32Br2N2O2/c1-3-5-7-9-15-31-23-17-19(29)11-13-21(23)25(27(31)33)26-22-14-12-20(30)18-24(22)32(28(26)34)16-10-8-6-4-2/h11-14,17-18H,3-10,15-16H2,1-2H3/b26-25-. The van der Waals surface area contributed by atoms with Crippen molar-refractivity contribution in [2.75, 3.05) is 22.9 Å². The van der Waals surface area contributed by atoms with Crippen molar-refractivity contribution in [2.45, 2.75) is 65.2 Å². The van der Waals surface area contributed by atoms with Gasteiger partial charge in [0.1, 0.15) is 0 Å². The van der Waals surface area contributed by atoms with E-state index in [9.17, 15) is 9.59 Å². The number of amides is 2. The number of benzene rings is 2. The van der Waals surface area contributed by atoms with Gasteiger partial charge in [-0.2, -0.15) is 0 Å². The zero-order chi connectivity index (χ0) is 24.2. The molecule has 0 atom stereocenters. The lowest BCUT2D eigenvalue weighted by Gasteiger charge is -2.17. The molecule has 0 saturated heterocycles. The van der Waals surface area contributed by atoms with Crippen LogP contribution in [-0.2, 0) is 9.59 Å². The Hall–Kier alpha value is -1.92. The molecule has 2 aliphatic heterocycles. The molecule has 0 N–H and O–H groups in total. The van der Waals surface area contributed by atoms with Crippen LogP contribution in [-0.4, -0.2) is 24.9 Å². The first-order valence-corrected chi connectivity index (χ1v) is 14.0. The van der Waals surface area contributed by atoms with Crippen LogP contribution in [0.2, 0.25) is 0 Å². The van der Waals surface area contributed by atoms with Crippen molar-refractivity contribution in [2.24, 2.45) is 0 Å². The fraction of sp³-hybridized carbons (Fsp3) is 0.429. The molecule has 0 radical (unpaired) electrons. The SMILES string of the molecule is CCCCCCN1C(=O)/C(=C2\C(=O)N(CCCCCC)c3cc(Br)ccc32)c2ccc(Br)cc21. The third kappa shape index (κ3) is 4.90. The number of anilines is 2. The van der Waals surface area contributed by atoms with Crippen molar-refractivity contribution >= 4 is 66.2 Å². The number of rotatable bonds is 10. The van der Waals surface area contributed by atoms with Crippen molar-refractivity contribution in [3.05, 3.63) is 56.5 Å². The maximum Gasteiger partial charge on any atom is 0.259 e. The van der Waals surface area contributed by atoms with Gasteiger partial charge in [-0.1, -0.05) is 96.4 Å². The van der Waals surface area contributed by atoms with Gasteiger partial charge in [-0.15, -0.1) is 0 Å². The molecular weight excluding hydrogens is 556 g/mol. The second-order valence-corrected chi connectivity index (χ2v) is 10.9. The molecule has 2 amide bonds. The summed E-state index contributed by atoms with van der Waals surface area (Å²) in [5.41, 5.74) is 4.59. The van der Waals surface area contributed by atoms with E-state index in [1.54, 1.807) is 0 Å². The van der Waals surface area contributed by atoms with Gasteiger partial charge in [0.25, 0.3) is 11.8 Å². The zero-order valence-corrected chi connectivity index (χ0v) is 23.2. The maximum atomic E-state index is 13.8. The molecule has 0 bridgehead atoms. The lowest BCUT2D eigenvalue weighted by Crippen LogP contribution is -2.30. The molecule has 34 heavy (non-hydrogen) atoms. The normalized spacial score (nSPS) is 17.1. The molecule has 0 aromatic heterocycles. The summed E-state index contributed by atoms with van der Waals surface area (Å²) < 4.78 is 1.87. The van der Waals surface area contributed by atoms with E-state index >= 15 is 0 Å². The van der Waals surface area contributed by atoms with Crippen LogP contribution in [0.25, 0.3) is 11.1 Å². The molecule has 4 rings (SSSR count). The molecule has 2 aromatic rings. The summed E-state index contributed by atoms with van der Waals surface area (Å²) in [6.07, 6.45) is 8.72. The molecule has 0 unspecified atom stereocenters. The highest BCUT2D eigenvalue weighted by Crippen LogP contribution is 2.47. The summed E-state index contributed by atoms with van der Waals surface area (Å²) in [5.74, 6) is -0.121. The number of carbonyl (C=O) groups is 2. The Bertz CT molecular complexity index is 1040. The maximum absolute atomic E-state index is 13.8. The van der Waals surface area contributed by atoms with Crippen LogP contribution in [0.15, 0.2) is 45.3 Å². The highest BCUT2D eigenvalue weighted by atomic mass is 79.9. The Morgan fingerprint density at radius 2 is 1.03 bits per heavy atom. The number of carbonyl (C=O) groups excluding carboxylic acids is 2. The number of fused-ring (bicyclic) bond motifs is 2. The summed E-state index contributed by atoms with van der Waals surface area (Å²) in [6, 6.07) is 11.9. The molecule has 2 aliphatic rings. The van der Waals surface area contributed by atoms with E-state index in [-0.39, 0.29) is 11.8 Å². The number of unbranched alkanes of at least 4 members (excludes halogenated alkanes) is 6. The molecule has 6 heteroatoms. The molecule has 0 fully saturated rings. The number of nitrogens with zero attached hydrogens (tertiary/aromatic N) is 2. The number of hydrogen-bond donors (Lipinski definition) is 0. The van der Waals surface area contributed by atoms with Crippen LogP contribution < -0.4 is 9.80 Å².